The van der Waals surface area contributed by atoms with Gasteiger partial charge in [0.05, 0.1) is 13.1 Å². The Hall–Kier alpha value is -3.22. The molecule has 7 nitrogen and oxygen atoms in total. The molecule has 0 saturated carbocycles. The average molecular weight is 368 g/mol. The summed E-state index contributed by atoms with van der Waals surface area (Å²) in [6, 6.07) is 8.83. The van der Waals surface area contributed by atoms with Crippen molar-refractivity contribution < 1.29 is 19.0 Å². The van der Waals surface area contributed by atoms with Crippen LogP contribution in [0.1, 0.15) is 11.3 Å². The molecule has 0 unspecified atom stereocenters. The maximum atomic E-state index is 12.3. The van der Waals surface area contributed by atoms with Crippen LogP contribution in [0.5, 0.6) is 17.2 Å². The minimum absolute atomic E-state index is 0.0762. The lowest BCUT2D eigenvalue weighted by Crippen LogP contribution is -2.55. The van der Waals surface area contributed by atoms with E-state index in [2.05, 4.69) is 0 Å². The predicted molar refractivity (Wildman–Crippen MR) is 99.0 cm³/mol. The fraction of sp³-hybridized carbons (Fsp3) is 0.300. The Morgan fingerprint density at radius 2 is 1.96 bits per heavy atom. The first-order chi connectivity index (χ1) is 13.0. The smallest absolute Gasteiger partial charge is 0.254 e. The van der Waals surface area contributed by atoms with Crippen molar-refractivity contribution in [1.82, 2.24) is 9.47 Å². The summed E-state index contributed by atoms with van der Waals surface area (Å²) in [7, 11) is 1.72. The van der Waals surface area contributed by atoms with Crippen LogP contribution < -0.4 is 19.8 Å². The summed E-state index contributed by atoms with van der Waals surface area (Å²) >= 11 is 0. The normalized spacial score (nSPS) is 15.9. The zero-order valence-corrected chi connectivity index (χ0v) is 15.2. The van der Waals surface area contributed by atoms with Crippen molar-refractivity contribution in [2.45, 2.75) is 13.0 Å². The molecule has 3 heterocycles. The Morgan fingerprint density at radius 1 is 1.19 bits per heavy atom. The highest BCUT2D eigenvalue weighted by molar-refractivity contribution is 5.92. The molecule has 2 aromatic rings. The summed E-state index contributed by atoms with van der Waals surface area (Å²) in [6.07, 6.45) is 3.19. The molecule has 1 amide bonds. The van der Waals surface area contributed by atoms with Crippen molar-refractivity contribution in [2.75, 3.05) is 19.9 Å². The molecule has 0 aliphatic carbocycles. The van der Waals surface area contributed by atoms with E-state index in [0.717, 1.165) is 11.3 Å². The molecule has 0 radical (unpaired) electrons. The molecule has 4 rings (SSSR count). The van der Waals surface area contributed by atoms with Crippen LogP contribution >= 0.6 is 0 Å². The summed E-state index contributed by atoms with van der Waals surface area (Å²) in [6.45, 7) is 3.08. The second-order valence-electron chi connectivity index (χ2n) is 6.66. The van der Waals surface area contributed by atoms with E-state index in [1.807, 2.05) is 31.2 Å². The van der Waals surface area contributed by atoms with Crippen molar-refractivity contribution in [1.29, 1.82) is 0 Å². The largest absolute Gasteiger partial charge is 0.486 e. The molecule has 1 aromatic carbocycles. The summed E-state index contributed by atoms with van der Waals surface area (Å²) < 4.78 is 18.0. The molecule has 2 aliphatic heterocycles. The van der Waals surface area contributed by atoms with Crippen LogP contribution in [0.4, 0.5) is 0 Å². The van der Waals surface area contributed by atoms with Gasteiger partial charge in [-0.15, -0.1) is 0 Å². The topological polar surface area (TPSA) is 70.0 Å². The van der Waals surface area contributed by atoms with Gasteiger partial charge in [-0.1, -0.05) is 6.07 Å². The third-order valence-electron chi connectivity index (χ3n) is 4.75. The first-order valence-electron chi connectivity index (χ1n) is 8.70. The molecule has 0 N–H and O–H groups in total. The number of amides is 1. The Morgan fingerprint density at radius 3 is 2.74 bits per heavy atom. The maximum Gasteiger partial charge on any atom is 0.254 e. The van der Waals surface area contributed by atoms with Crippen LogP contribution in [-0.4, -0.2) is 41.4 Å². The van der Waals surface area contributed by atoms with Gasteiger partial charge < -0.3 is 23.7 Å². The molecular weight excluding hydrogens is 348 g/mol. The predicted octanol–water partition coefficient (Wildman–Crippen LogP) is 1.73. The molecule has 0 atom stereocenters. The van der Waals surface area contributed by atoms with E-state index in [1.54, 1.807) is 22.6 Å². The highest BCUT2D eigenvalue weighted by atomic mass is 16.7. The highest BCUT2D eigenvalue weighted by Crippen LogP contribution is 2.32. The molecule has 0 bridgehead atoms. The number of aromatic nitrogens is 1. The second-order valence-corrected chi connectivity index (χ2v) is 6.66. The number of ether oxygens (including phenoxy) is 3. The van der Waals surface area contributed by atoms with Crippen LogP contribution in [-0.2, 0) is 11.8 Å². The summed E-state index contributed by atoms with van der Waals surface area (Å²) in [5.41, 5.74) is 1.59. The Balaban J connectivity index is 1.31. The second kappa shape index (κ2) is 6.83. The molecule has 27 heavy (non-hydrogen) atoms. The first-order valence-corrected chi connectivity index (χ1v) is 8.70. The number of fused-ring (bicyclic) bond motifs is 1. The van der Waals surface area contributed by atoms with Crippen LogP contribution in [0, 0.1) is 6.92 Å². The van der Waals surface area contributed by atoms with E-state index >= 15 is 0 Å². The van der Waals surface area contributed by atoms with Crippen molar-refractivity contribution in [2.24, 2.45) is 7.05 Å². The molecular formula is C20H20N2O5. The van der Waals surface area contributed by atoms with Crippen LogP contribution in [0.3, 0.4) is 0 Å². The zero-order valence-electron chi connectivity index (χ0n) is 15.2. The third-order valence-corrected chi connectivity index (χ3v) is 4.75. The van der Waals surface area contributed by atoms with Crippen LogP contribution in [0.2, 0.25) is 0 Å². The molecule has 7 heteroatoms. The number of benzene rings is 1. The lowest BCUT2D eigenvalue weighted by Gasteiger charge is -2.38. The number of aryl methyl sites for hydroxylation is 1. The van der Waals surface area contributed by atoms with Gasteiger partial charge in [0.2, 0.25) is 12.7 Å². The van der Waals surface area contributed by atoms with E-state index in [-0.39, 0.29) is 24.4 Å². The van der Waals surface area contributed by atoms with E-state index in [0.29, 0.717) is 30.3 Å². The molecule has 2 aliphatic rings. The maximum absolute atomic E-state index is 12.3. The molecule has 1 saturated heterocycles. The minimum Gasteiger partial charge on any atom is -0.486 e. The van der Waals surface area contributed by atoms with E-state index < -0.39 is 0 Å². The molecule has 1 aromatic heterocycles. The molecule has 140 valence electrons. The van der Waals surface area contributed by atoms with E-state index in [1.165, 1.54) is 12.1 Å². The summed E-state index contributed by atoms with van der Waals surface area (Å²) in [4.78, 5) is 25.8. The van der Waals surface area contributed by atoms with Gasteiger partial charge in [-0.25, -0.2) is 0 Å². The van der Waals surface area contributed by atoms with Gasteiger partial charge in [-0.05, 0) is 36.8 Å². The first kappa shape index (κ1) is 17.2. The van der Waals surface area contributed by atoms with Gasteiger partial charge in [0, 0.05) is 24.9 Å². The fourth-order valence-electron chi connectivity index (χ4n) is 2.98. The number of likely N-dealkylation sites (tertiary alicyclic amines) is 1. The standard InChI is InChI=1S/C20H20N2O5/c1-13-7-15(9-20(24)21(13)2)27-16-10-22(11-16)19(23)6-4-14-3-5-17-18(8-14)26-12-25-17/h3-9,16H,10-12H2,1-2H3/b6-4+. The van der Waals surface area contributed by atoms with Gasteiger partial charge in [0.1, 0.15) is 11.9 Å². The van der Waals surface area contributed by atoms with Gasteiger partial charge in [0.15, 0.2) is 11.5 Å². The Kier molecular flexibility index (Phi) is 4.35. The van der Waals surface area contributed by atoms with Gasteiger partial charge >= 0.3 is 0 Å². The lowest BCUT2D eigenvalue weighted by molar-refractivity contribution is -0.134. The monoisotopic (exact) mass is 368 g/mol. The van der Waals surface area contributed by atoms with E-state index in [9.17, 15) is 9.59 Å². The number of carbonyl (C=O) groups is 1. The zero-order chi connectivity index (χ0) is 19.0. The number of carbonyl (C=O) groups excluding carboxylic acids is 1. The number of hydrogen-bond acceptors (Lipinski definition) is 5. The van der Waals surface area contributed by atoms with Crippen molar-refractivity contribution in [3.8, 4) is 17.2 Å². The summed E-state index contributed by atoms with van der Waals surface area (Å²) in [5, 5.41) is 0. The minimum atomic E-state index is -0.107. The number of pyridine rings is 1. The number of rotatable bonds is 4. The SMILES string of the molecule is Cc1cc(OC2CN(C(=O)/C=C/c3ccc4c(c3)OCO4)C2)cc(=O)n1C. The van der Waals surface area contributed by atoms with E-state index in [4.69, 9.17) is 14.2 Å². The van der Waals surface area contributed by atoms with Crippen molar-refractivity contribution in [3.05, 3.63) is 58.0 Å². The Bertz CT molecular complexity index is 973. The highest BCUT2D eigenvalue weighted by Gasteiger charge is 2.31. The average Bonchev–Trinajstić information content (AvgIpc) is 3.08. The Labute approximate surface area is 156 Å². The lowest BCUT2D eigenvalue weighted by atomic mass is 10.1. The van der Waals surface area contributed by atoms with Gasteiger partial charge in [-0.2, -0.15) is 0 Å². The van der Waals surface area contributed by atoms with Crippen molar-refractivity contribution in [3.63, 3.8) is 0 Å². The fourth-order valence-corrected chi connectivity index (χ4v) is 2.98. The molecule has 0 spiro atoms. The number of hydrogen-bond donors (Lipinski definition) is 0. The quantitative estimate of drug-likeness (QED) is 0.769. The number of nitrogens with zero attached hydrogens (tertiary/aromatic N) is 2. The van der Waals surface area contributed by atoms with Crippen molar-refractivity contribution >= 4 is 12.0 Å². The molecule has 1 fully saturated rings. The van der Waals surface area contributed by atoms with Gasteiger partial charge in [0.25, 0.3) is 5.56 Å². The summed E-state index contributed by atoms with van der Waals surface area (Å²) in [5.74, 6) is 1.87. The van der Waals surface area contributed by atoms with Gasteiger partial charge in [-0.3, -0.25) is 9.59 Å². The third kappa shape index (κ3) is 3.53. The van der Waals surface area contributed by atoms with Crippen LogP contribution in [0.15, 0.2) is 41.2 Å². The van der Waals surface area contributed by atoms with Crippen LogP contribution in [0.25, 0.3) is 6.08 Å².